The molecule has 3 aromatic rings. The summed E-state index contributed by atoms with van der Waals surface area (Å²) in [5.74, 6) is 0.824. The summed E-state index contributed by atoms with van der Waals surface area (Å²) < 4.78 is 11.8. The second kappa shape index (κ2) is 9.05. The SMILES string of the molecule is COc1cccc(COc2nc(I)ncc2Sc2ccc(C(N)=O)cc2)c1. The van der Waals surface area contributed by atoms with Gasteiger partial charge in [-0.15, -0.1) is 0 Å². The lowest BCUT2D eigenvalue weighted by Crippen LogP contribution is -2.10. The third-order valence-corrected chi connectivity index (χ3v) is 5.10. The topological polar surface area (TPSA) is 87.3 Å². The average molecular weight is 493 g/mol. The van der Waals surface area contributed by atoms with E-state index in [9.17, 15) is 4.79 Å². The van der Waals surface area contributed by atoms with Crippen LogP contribution in [0.4, 0.5) is 0 Å². The van der Waals surface area contributed by atoms with Crippen molar-refractivity contribution < 1.29 is 14.3 Å². The standard InChI is InChI=1S/C19H16IN3O3S/c1-25-14-4-2-3-12(9-14)11-26-18-16(10-22-19(20)23-18)27-15-7-5-13(6-8-15)17(21)24/h2-10H,11H2,1H3,(H2,21,24). The number of primary amides is 1. The van der Waals surface area contributed by atoms with Gasteiger partial charge in [-0.25, -0.2) is 4.98 Å². The quantitative estimate of drug-likeness (QED) is 0.397. The third kappa shape index (κ3) is 5.33. The van der Waals surface area contributed by atoms with E-state index in [2.05, 4.69) is 9.97 Å². The fraction of sp³-hybridized carbons (Fsp3) is 0.105. The van der Waals surface area contributed by atoms with Gasteiger partial charge in [-0.05, 0) is 42.0 Å². The molecule has 0 unspecified atom stereocenters. The minimum atomic E-state index is -0.452. The predicted octanol–water partition coefficient (Wildman–Crippen LogP) is 3.92. The Morgan fingerprint density at radius 1 is 1.22 bits per heavy atom. The number of rotatable bonds is 7. The molecule has 0 aliphatic carbocycles. The zero-order valence-electron chi connectivity index (χ0n) is 14.4. The molecule has 27 heavy (non-hydrogen) atoms. The lowest BCUT2D eigenvalue weighted by Gasteiger charge is -2.11. The van der Waals surface area contributed by atoms with E-state index in [1.807, 2.05) is 59.0 Å². The van der Waals surface area contributed by atoms with Crippen LogP contribution in [0.15, 0.2) is 64.5 Å². The van der Waals surface area contributed by atoms with Crippen molar-refractivity contribution in [2.75, 3.05) is 7.11 Å². The Labute approximate surface area is 174 Å². The fourth-order valence-corrected chi connectivity index (χ4v) is 3.42. The number of carbonyl (C=O) groups is 1. The van der Waals surface area contributed by atoms with Gasteiger partial charge in [0.2, 0.25) is 11.8 Å². The van der Waals surface area contributed by atoms with Crippen molar-refractivity contribution in [1.82, 2.24) is 9.97 Å². The third-order valence-electron chi connectivity index (χ3n) is 3.57. The number of amides is 1. The molecule has 1 amide bonds. The first kappa shape index (κ1) is 19.4. The molecule has 2 aromatic carbocycles. The lowest BCUT2D eigenvalue weighted by atomic mass is 10.2. The molecule has 0 bridgehead atoms. The van der Waals surface area contributed by atoms with Crippen LogP contribution in [0.25, 0.3) is 0 Å². The summed E-state index contributed by atoms with van der Waals surface area (Å²) in [6, 6.07) is 14.7. The maximum Gasteiger partial charge on any atom is 0.248 e. The van der Waals surface area contributed by atoms with Crippen LogP contribution in [0.5, 0.6) is 11.6 Å². The van der Waals surface area contributed by atoms with Crippen molar-refractivity contribution in [3.05, 3.63) is 69.7 Å². The molecular weight excluding hydrogens is 477 g/mol. The highest BCUT2D eigenvalue weighted by Gasteiger charge is 2.11. The minimum absolute atomic E-state index is 0.360. The summed E-state index contributed by atoms with van der Waals surface area (Å²) in [5.41, 5.74) is 6.72. The number of nitrogens with two attached hydrogens (primary N) is 1. The molecule has 0 aliphatic rings. The predicted molar refractivity (Wildman–Crippen MR) is 111 cm³/mol. The van der Waals surface area contributed by atoms with Gasteiger partial charge in [0, 0.05) is 39.2 Å². The van der Waals surface area contributed by atoms with Crippen molar-refractivity contribution in [2.24, 2.45) is 5.73 Å². The number of nitrogens with zero attached hydrogens (tertiary/aromatic N) is 2. The van der Waals surface area contributed by atoms with Crippen LogP contribution in [0, 0.1) is 3.83 Å². The maximum atomic E-state index is 11.2. The molecule has 2 N–H and O–H groups in total. The van der Waals surface area contributed by atoms with E-state index in [-0.39, 0.29) is 0 Å². The molecular formula is C19H16IN3O3S. The summed E-state index contributed by atoms with van der Waals surface area (Å²) in [4.78, 5) is 21.5. The van der Waals surface area contributed by atoms with Gasteiger partial charge in [0.1, 0.15) is 12.4 Å². The second-order valence-corrected chi connectivity index (χ2v) is 7.52. The summed E-state index contributed by atoms with van der Waals surface area (Å²) in [6.07, 6.45) is 1.72. The second-order valence-electron chi connectivity index (χ2n) is 5.44. The van der Waals surface area contributed by atoms with Gasteiger partial charge in [-0.2, -0.15) is 4.98 Å². The van der Waals surface area contributed by atoms with Gasteiger partial charge >= 0.3 is 0 Å². The Kier molecular flexibility index (Phi) is 6.51. The molecule has 0 spiro atoms. The number of halogens is 1. The van der Waals surface area contributed by atoms with E-state index >= 15 is 0 Å². The Bertz CT molecular complexity index is 951. The number of benzene rings is 2. The summed E-state index contributed by atoms with van der Waals surface area (Å²) in [7, 11) is 1.63. The van der Waals surface area contributed by atoms with E-state index < -0.39 is 5.91 Å². The van der Waals surface area contributed by atoms with E-state index in [4.69, 9.17) is 15.2 Å². The largest absolute Gasteiger partial charge is 0.497 e. The minimum Gasteiger partial charge on any atom is -0.497 e. The van der Waals surface area contributed by atoms with Crippen molar-refractivity contribution in [1.29, 1.82) is 0 Å². The first-order valence-electron chi connectivity index (χ1n) is 7.91. The van der Waals surface area contributed by atoms with E-state index in [0.29, 0.717) is 21.9 Å². The van der Waals surface area contributed by atoms with Gasteiger partial charge in [-0.1, -0.05) is 23.9 Å². The van der Waals surface area contributed by atoms with E-state index in [1.54, 1.807) is 25.4 Å². The Balaban J connectivity index is 1.77. The molecule has 0 saturated carbocycles. The van der Waals surface area contributed by atoms with Crippen molar-refractivity contribution in [3.8, 4) is 11.6 Å². The number of carbonyl (C=O) groups excluding carboxylic acids is 1. The Morgan fingerprint density at radius 3 is 2.70 bits per heavy atom. The zero-order valence-corrected chi connectivity index (χ0v) is 17.4. The molecule has 0 aliphatic heterocycles. The van der Waals surface area contributed by atoms with Crippen LogP contribution in [-0.4, -0.2) is 23.0 Å². The van der Waals surface area contributed by atoms with Crippen LogP contribution >= 0.6 is 34.4 Å². The van der Waals surface area contributed by atoms with Gasteiger partial charge in [0.15, 0.2) is 3.83 Å². The first-order chi connectivity index (χ1) is 13.0. The van der Waals surface area contributed by atoms with E-state index in [1.165, 1.54) is 11.8 Å². The monoisotopic (exact) mass is 493 g/mol. The van der Waals surface area contributed by atoms with Gasteiger partial charge in [0.25, 0.3) is 0 Å². The summed E-state index contributed by atoms with van der Waals surface area (Å²) in [6.45, 7) is 0.360. The molecule has 138 valence electrons. The Morgan fingerprint density at radius 2 is 2.00 bits per heavy atom. The molecule has 0 atom stereocenters. The van der Waals surface area contributed by atoms with Gasteiger partial charge < -0.3 is 15.2 Å². The number of hydrogen-bond donors (Lipinski definition) is 1. The first-order valence-corrected chi connectivity index (χ1v) is 9.80. The van der Waals surface area contributed by atoms with Gasteiger partial charge in [-0.3, -0.25) is 4.79 Å². The van der Waals surface area contributed by atoms with Crippen molar-refractivity contribution in [2.45, 2.75) is 16.4 Å². The molecule has 1 heterocycles. The summed E-state index contributed by atoms with van der Waals surface area (Å²) in [5, 5.41) is 0. The average Bonchev–Trinajstić information content (AvgIpc) is 2.68. The van der Waals surface area contributed by atoms with Crippen LogP contribution in [-0.2, 0) is 6.61 Å². The molecule has 1 aromatic heterocycles. The van der Waals surface area contributed by atoms with Gasteiger partial charge in [0.05, 0.1) is 12.0 Å². The molecule has 6 nitrogen and oxygen atoms in total. The fourth-order valence-electron chi connectivity index (χ4n) is 2.24. The highest BCUT2D eigenvalue weighted by Crippen LogP contribution is 2.34. The normalized spacial score (nSPS) is 10.4. The highest BCUT2D eigenvalue weighted by atomic mass is 127. The van der Waals surface area contributed by atoms with Crippen molar-refractivity contribution in [3.63, 3.8) is 0 Å². The van der Waals surface area contributed by atoms with Crippen LogP contribution in [0.3, 0.4) is 0 Å². The van der Waals surface area contributed by atoms with Crippen LogP contribution in [0.1, 0.15) is 15.9 Å². The zero-order chi connectivity index (χ0) is 19.2. The smallest absolute Gasteiger partial charge is 0.248 e. The lowest BCUT2D eigenvalue weighted by molar-refractivity contribution is 0.1000. The van der Waals surface area contributed by atoms with E-state index in [0.717, 1.165) is 21.1 Å². The molecule has 0 saturated heterocycles. The highest BCUT2D eigenvalue weighted by molar-refractivity contribution is 14.1. The molecule has 8 heteroatoms. The molecule has 0 fully saturated rings. The number of methoxy groups -OCH3 is 1. The number of ether oxygens (including phenoxy) is 2. The van der Waals surface area contributed by atoms with Crippen molar-refractivity contribution >= 4 is 40.3 Å². The molecule has 3 rings (SSSR count). The van der Waals surface area contributed by atoms with Crippen LogP contribution in [0.2, 0.25) is 0 Å². The molecule has 0 radical (unpaired) electrons. The summed E-state index contributed by atoms with van der Waals surface area (Å²) >= 11 is 3.50. The number of hydrogen-bond acceptors (Lipinski definition) is 6. The van der Waals surface area contributed by atoms with Crippen LogP contribution < -0.4 is 15.2 Å². The maximum absolute atomic E-state index is 11.2. The number of aromatic nitrogens is 2. The Hall–Kier alpha value is -2.33.